The number of nitrogens with one attached hydrogen (secondary N) is 2. The van der Waals surface area contributed by atoms with Gasteiger partial charge in [-0.1, -0.05) is 17.7 Å². The van der Waals surface area contributed by atoms with Gasteiger partial charge in [0.15, 0.2) is 0 Å². The van der Waals surface area contributed by atoms with Crippen LogP contribution < -0.4 is 4.72 Å². The molecule has 0 amide bonds. The number of aromatic amines is 1. The molecule has 0 saturated heterocycles. The standard InChI is InChI=1S/C9H8ClN3O2S/c10-7-2-1-3-8(6-7)16(14,15)13-9-4-5-11-12-9/h1-6H,(H2,11,12,13). The Morgan fingerprint density at radius 2 is 2.12 bits per heavy atom. The molecule has 1 aromatic carbocycles. The van der Waals surface area contributed by atoms with Gasteiger partial charge in [0.2, 0.25) is 0 Å². The molecular formula is C9H8ClN3O2S. The SMILES string of the molecule is O=S(=O)(Nc1ccn[nH]1)c1cccc(Cl)c1. The van der Waals surface area contributed by atoms with Crippen molar-refractivity contribution >= 4 is 27.4 Å². The van der Waals surface area contributed by atoms with Crippen molar-refractivity contribution in [1.29, 1.82) is 0 Å². The van der Waals surface area contributed by atoms with Crippen molar-refractivity contribution in [2.75, 3.05) is 4.72 Å². The zero-order chi connectivity index (χ0) is 11.6. The monoisotopic (exact) mass is 257 g/mol. The molecular weight excluding hydrogens is 250 g/mol. The van der Waals surface area contributed by atoms with Crippen molar-refractivity contribution in [3.05, 3.63) is 41.6 Å². The third-order valence-corrected chi connectivity index (χ3v) is 3.45. The Bertz CT molecular complexity index is 581. The second kappa shape index (κ2) is 4.15. The first-order chi connectivity index (χ1) is 7.58. The zero-order valence-corrected chi connectivity index (χ0v) is 9.59. The number of sulfonamides is 1. The number of rotatable bonds is 3. The van der Waals surface area contributed by atoms with Crippen LogP contribution >= 0.6 is 11.6 Å². The first kappa shape index (κ1) is 11.0. The van der Waals surface area contributed by atoms with Crippen molar-refractivity contribution in [2.24, 2.45) is 0 Å². The predicted molar refractivity (Wildman–Crippen MR) is 60.8 cm³/mol. The van der Waals surface area contributed by atoms with E-state index in [1.54, 1.807) is 12.1 Å². The van der Waals surface area contributed by atoms with Crippen LogP contribution in [0, 0.1) is 0 Å². The van der Waals surface area contributed by atoms with Crippen LogP contribution in [0.15, 0.2) is 41.4 Å². The van der Waals surface area contributed by atoms with Crippen molar-refractivity contribution in [3.63, 3.8) is 0 Å². The van der Waals surface area contributed by atoms with Crippen molar-refractivity contribution < 1.29 is 8.42 Å². The molecule has 1 aromatic heterocycles. The molecule has 7 heteroatoms. The molecule has 0 bridgehead atoms. The molecule has 84 valence electrons. The number of hydrogen-bond acceptors (Lipinski definition) is 3. The highest BCUT2D eigenvalue weighted by molar-refractivity contribution is 7.92. The van der Waals surface area contributed by atoms with E-state index >= 15 is 0 Å². The van der Waals surface area contributed by atoms with Gasteiger partial charge in [-0.05, 0) is 18.2 Å². The minimum absolute atomic E-state index is 0.106. The van der Waals surface area contributed by atoms with E-state index in [4.69, 9.17) is 11.6 Å². The summed E-state index contributed by atoms with van der Waals surface area (Å²) in [5.74, 6) is 0.306. The number of hydrogen-bond donors (Lipinski definition) is 2. The number of halogens is 1. The van der Waals surface area contributed by atoms with Gasteiger partial charge in [0, 0.05) is 11.1 Å². The highest BCUT2D eigenvalue weighted by Gasteiger charge is 2.14. The maximum Gasteiger partial charge on any atom is 0.263 e. The fraction of sp³-hybridized carbons (Fsp3) is 0. The van der Waals surface area contributed by atoms with E-state index in [1.165, 1.54) is 24.4 Å². The third-order valence-electron chi connectivity index (χ3n) is 1.85. The Labute approximate surface area is 97.5 Å². The van der Waals surface area contributed by atoms with Gasteiger partial charge in [-0.2, -0.15) is 5.10 Å². The van der Waals surface area contributed by atoms with Crippen LogP contribution in [0.3, 0.4) is 0 Å². The van der Waals surface area contributed by atoms with E-state index in [1.807, 2.05) is 0 Å². The lowest BCUT2D eigenvalue weighted by molar-refractivity contribution is 0.601. The zero-order valence-electron chi connectivity index (χ0n) is 8.01. The molecule has 0 spiro atoms. The number of anilines is 1. The highest BCUT2D eigenvalue weighted by Crippen LogP contribution is 2.17. The van der Waals surface area contributed by atoms with Gasteiger partial charge in [-0.3, -0.25) is 9.82 Å². The summed E-state index contributed by atoms with van der Waals surface area (Å²) in [6.45, 7) is 0. The Kier molecular flexibility index (Phi) is 2.84. The molecule has 0 fully saturated rings. The van der Waals surface area contributed by atoms with Crippen LogP contribution in [-0.4, -0.2) is 18.6 Å². The van der Waals surface area contributed by atoms with E-state index in [0.29, 0.717) is 10.8 Å². The van der Waals surface area contributed by atoms with Gasteiger partial charge in [-0.25, -0.2) is 8.42 Å². The summed E-state index contributed by atoms with van der Waals surface area (Å²) >= 11 is 5.72. The van der Waals surface area contributed by atoms with Crippen molar-refractivity contribution in [3.8, 4) is 0 Å². The van der Waals surface area contributed by atoms with Crippen LogP contribution in [0.2, 0.25) is 5.02 Å². The second-order valence-electron chi connectivity index (χ2n) is 3.03. The average molecular weight is 258 g/mol. The second-order valence-corrected chi connectivity index (χ2v) is 5.15. The molecule has 0 aliphatic rings. The molecule has 0 aliphatic heterocycles. The smallest absolute Gasteiger partial charge is 0.263 e. The van der Waals surface area contributed by atoms with E-state index < -0.39 is 10.0 Å². The Morgan fingerprint density at radius 3 is 2.75 bits per heavy atom. The van der Waals surface area contributed by atoms with Crippen molar-refractivity contribution in [2.45, 2.75) is 4.90 Å². The van der Waals surface area contributed by atoms with Crippen molar-refractivity contribution in [1.82, 2.24) is 10.2 Å². The summed E-state index contributed by atoms with van der Waals surface area (Å²) in [6.07, 6.45) is 1.45. The average Bonchev–Trinajstić information content (AvgIpc) is 2.70. The molecule has 5 nitrogen and oxygen atoms in total. The van der Waals surface area contributed by atoms with E-state index in [0.717, 1.165) is 0 Å². The van der Waals surface area contributed by atoms with Gasteiger partial charge in [0.05, 0.1) is 11.1 Å². The molecule has 0 unspecified atom stereocenters. The maximum absolute atomic E-state index is 11.8. The maximum atomic E-state index is 11.8. The largest absolute Gasteiger partial charge is 0.264 e. The van der Waals surface area contributed by atoms with Crippen LogP contribution in [0.1, 0.15) is 0 Å². The lowest BCUT2D eigenvalue weighted by Gasteiger charge is -2.05. The lowest BCUT2D eigenvalue weighted by atomic mass is 10.4. The molecule has 1 heterocycles. The summed E-state index contributed by atoms with van der Waals surface area (Å²) in [4.78, 5) is 0.106. The lowest BCUT2D eigenvalue weighted by Crippen LogP contribution is -2.13. The third kappa shape index (κ3) is 2.34. The number of benzene rings is 1. The molecule has 2 N–H and O–H groups in total. The van der Waals surface area contributed by atoms with Gasteiger partial charge >= 0.3 is 0 Å². The molecule has 0 aliphatic carbocycles. The minimum atomic E-state index is -3.61. The molecule has 2 aromatic rings. The number of H-pyrrole nitrogens is 1. The fourth-order valence-electron chi connectivity index (χ4n) is 1.15. The van der Waals surface area contributed by atoms with E-state index in [-0.39, 0.29) is 4.90 Å². The summed E-state index contributed by atoms with van der Waals surface area (Å²) < 4.78 is 26.0. The van der Waals surface area contributed by atoms with Crippen LogP contribution in [0.25, 0.3) is 0 Å². The summed E-state index contributed by atoms with van der Waals surface area (Å²) in [5.41, 5.74) is 0. The molecule has 0 radical (unpaired) electrons. The van der Waals surface area contributed by atoms with Gasteiger partial charge in [-0.15, -0.1) is 0 Å². The summed E-state index contributed by atoms with van der Waals surface area (Å²) in [7, 11) is -3.61. The topological polar surface area (TPSA) is 74.8 Å². The normalized spacial score (nSPS) is 11.3. The predicted octanol–water partition coefficient (Wildman–Crippen LogP) is 1.86. The first-order valence-electron chi connectivity index (χ1n) is 4.36. The molecule has 16 heavy (non-hydrogen) atoms. The van der Waals surface area contributed by atoms with Gasteiger partial charge < -0.3 is 0 Å². The summed E-state index contributed by atoms with van der Waals surface area (Å²) in [5, 5.41) is 6.51. The van der Waals surface area contributed by atoms with E-state index in [9.17, 15) is 8.42 Å². The van der Waals surface area contributed by atoms with Gasteiger partial charge in [0.1, 0.15) is 5.82 Å². The molecule has 0 saturated carbocycles. The first-order valence-corrected chi connectivity index (χ1v) is 6.22. The Hall–Kier alpha value is -1.53. The molecule has 2 rings (SSSR count). The Balaban J connectivity index is 2.33. The van der Waals surface area contributed by atoms with Crippen LogP contribution in [-0.2, 0) is 10.0 Å². The van der Waals surface area contributed by atoms with Gasteiger partial charge in [0.25, 0.3) is 10.0 Å². The Morgan fingerprint density at radius 1 is 1.31 bits per heavy atom. The number of aromatic nitrogens is 2. The van der Waals surface area contributed by atoms with Crippen LogP contribution in [0.5, 0.6) is 0 Å². The number of nitrogens with zero attached hydrogens (tertiary/aromatic N) is 1. The molecule has 0 atom stereocenters. The fourth-order valence-corrected chi connectivity index (χ4v) is 2.47. The van der Waals surface area contributed by atoms with E-state index in [2.05, 4.69) is 14.9 Å². The minimum Gasteiger partial charge on any atom is -0.264 e. The van der Waals surface area contributed by atoms with Crippen LogP contribution in [0.4, 0.5) is 5.82 Å². The summed E-state index contributed by atoms with van der Waals surface area (Å²) in [6, 6.07) is 7.54. The highest BCUT2D eigenvalue weighted by atomic mass is 35.5. The quantitative estimate of drug-likeness (QED) is 0.881.